The van der Waals surface area contributed by atoms with Gasteiger partial charge in [-0.1, -0.05) is 42.5 Å². The number of hydrogen-bond acceptors (Lipinski definition) is 4. The van der Waals surface area contributed by atoms with Gasteiger partial charge < -0.3 is 10.6 Å². The number of carbonyl (C=O) groups excluding carboxylic acids is 1. The molecule has 0 aliphatic heterocycles. The van der Waals surface area contributed by atoms with Gasteiger partial charge in [-0.3, -0.25) is 4.79 Å². The van der Waals surface area contributed by atoms with Crippen LogP contribution in [0, 0.1) is 0 Å². The summed E-state index contributed by atoms with van der Waals surface area (Å²) in [5, 5.41) is 9.20. The van der Waals surface area contributed by atoms with Crippen LogP contribution in [0.4, 0.5) is 10.8 Å². The van der Waals surface area contributed by atoms with Crippen LogP contribution in [0.5, 0.6) is 0 Å². The van der Waals surface area contributed by atoms with Crippen molar-refractivity contribution in [3.05, 3.63) is 65.5 Å². The highest BCUT2D eigenvalue weighted by Gasteiger charge is 2.07. The zero-order valence-corrected chi connectivity index (χ0v) is 15.8. The number of carbonyl (C=O) groups is 1. The van der Waals surface area contributed by atoms with Gasteiger partial charge in [0, 0.05) is 29.6 Å². The number of benzene rings is 2. The number of nitrogens with one attached hydrogen (secondary N) is 2. The first kappa shape index (κ1) is 18.1. The molecule has 26 heavy (non-hydrogen) atoms. The first-order valence-corrected chi connectivity index (χ1v) is 9.62. The number of aromatic nitrogens is 1. The van der Waals surface area contributed by atoms with Crippen molar-refractivity contribution in [2.75, 3.05) is 5.32 Å². The summed E-state index contributed by atoms with van der Waals surface area (Å²) in [5.74, 6) is 0.0243. The van der Waals surface area contributed by atoms with E-state index in [2.05, 4.69) is 45.3 Å². The molecular weight excluding hydrogens is 342 g/mol. The van der Waals surface area contributed by atoms with E-state index in [0.29, 0.717) is 0 Å². The van der Waals surface area contributed by atoms with Gasteiger partial charge in [-0.2, -0.15) is 0 Å². The largest absolute Gasteiger partial charge is 0.354 e. The summed E-state index contributed by atoms with van der Waals surface area (Å²) >= 11 is 1.60. The van der Waals surface area contributed by atoms with Crippen LogP contribution in [0.3, 0.4) is 0 Å². The number of amides is 1. The summed E-state index contributed by atoms with van der Waals surface area (Å²) in [6.45, 7) is 3.59. The lowest BCUT2D eigenvalue weighted by Gasteiger charge is -2.12. The second kappa shape index (κ2) is 8.63. The summed E-state index contributed by atoms with van der Waals surface area (Å²) in [7, 11) is 0. The smallest absolute Gasteiger partial charge is 0.217 e. The van der Waals surface area contributed by atoms with Gasteiger partial charge in [0.1, 0.15) is 0 Å². The van der Waals surface area contributed by atoms with Gasteiger partial charge in [-0.15, -0.1) is 11.3 Å². The fourth-order valence-electron chi connectivity index (χ4n) is 2.75. The highest BCUT2D eigenvalue weighted by molar-refractivity contribution is 7.14. The Morgan fingerprint density at radius 1 is 1.12 bits per heavy atom. The van der Waals surface area contributed by atoms with Crippen LogP contribution in [0.1, 0.15) is 25.8 Å². The van der Waals surface area contributed by atoms with E-state index in [9.17, 15) is 4.79 Å². The monoisotopic (exact) mass is 365 g/mol. The lowest BCUT2D eigenvalue weighted by molar-refractivity contribution is -0.119. The molecule has 1 amide bonds. The highest BCUT2D eigenvalue weighted by atomic mass is 32.1. The number of anilines is 2. The van der Waals surface area contributed by atoms with Crippen molar-refractivity contribution in [2.24, 2.45) is 0 Å². The molecule has 0 aliphatic carbocycles. The number of nitrogens with zero attached hydrogens (tertiary/aromatic N) is 1. The summed E-state index contributed by atoms with van der Waals surface area (Å²) < 4.78 is 0. The Bertz CT molecular complexity index is 843. The third-order valence-electron chi connectivity index (χ3n) is 4.09. The first-order chi connectivity index (χ1) is 12.6. The normalized spacial score (nSPS) is 11.8. The molecule has 3 aromatic rings. The van der Waals surface area contributed by atoms with Crippen molar-refractivity contribution in [2.45, 2.75) is 32.7 Å². The maximum absolute atomic E-state index is 11.1. The fraction of sp³-hybridized carbons (Fsp3) is 0.238. The topological polar surface area (TPSA) is 54.0 Å². The molecular formula is C21H23N3OS. The van der Waals surface area contributed by atoms with Crippen LogP contribution in [-0.4, -0.2) is 16.9 Å². The summed E-state index contributed by atoms with van der Waals surface area (Å²) in [6, 6.07) is 18.7. The second-order valence-electron chi connectivity index (χ2n) is 6.37. The minimum Gasteiger partial charge on any atom is -0.354 e. The molecule has 0 saturated carbocycles. The van der Waals surface area contributed by atoms with E-state index in [4.69, 9.17) is 0 Å². The van der Waals surface area contributed by atoms with Gasteiger partial charge in [0.25, 0.3) is 0 Å². The third-order valence-corrected chi connectivity index (χ3v) is 4.85. The van der Waals surface area contributed by atoms with E-state index in [-0.39, 0.29) is 11.9 Å². The average Bonchev–Trinajstić information content (AvgIpc) is 3.09. The van der Waals surface area contributed by atoms with E-state index in [1.54, 1.807) is 18.3 Å². The van der Waals surface area contributed by atoms with Crippen molar-refractivity contribution in [1.82, 2.24) is 10.3 Å². The van der Waals surface area contributed by atoms with Crippen LogP contribution in [0.15, 0.2) is 60.0 Å². The van der Waals surface area contributed by atoms with Crippen LogP contribution >= 0.6 is 11.3 Å². The van der Waals surface area contributed by atoms with Gasteiger partial charge in [-0.05, 0) is 37.5 Å². The molecule has 5 heteroatoms. The molecule has 0 saturated heterocycles. The molecule has 0 radical (unpaired) electrons. The van der Waals surface area contributed by atoms with Crippen molar-refractivity contribution in [3.8, 4) is 11.3 Å². The number of hydrogen-bond donors (Lipinski definition) is 2. The Morgan fingerprint density at radius 2 is 1.85 bits per heavy atom. The molecule has 0 bridgehead atoms. The molecule has 4 nitrogen and oxygen atoms in total. The van der Waals surface area contributed by atoms with Crippen LogP contribution in [0.25, 0.3) is 11.3 Å². The number of aryl methyl sites for hydroxylation is 1. The first-order valence-electron chi connectivity index (χ1n) is 8.74. The van der Waals surface area contributed by atoms with Crippen molar-refractivity contribution in [3.63, 3.8) is 0 Å². The van der Waals surface area contributed by atoms with E-state index in [0.717, 1.165) is 34.9 Å². The van der Waals surface area contributed by atoms with Crippen LogP contribution in [-0.2, 0) is 11.2 Å². The lowest BCUT2D eigenvalue weighted by Crippen LogP contribution is -2.30. The number of thiazole rings is 1. The zero-order valence-electron chi connectivity index (χ0n) is 15.0. The Kier molecular flexibility index (Phi) is 6.02. The molecule has 1 unspecified atom stereocenters. The Morgan fingerprint density at radius 3 is 2.54 bits per heavy atom. The van der Waals surface area contributed by atoms with E-state index >= 15 is 0 Å². The molecule has 0 fully saturated rings. The average molecular weight is 366 g/mol. The minimum absolute atomic E-state index is 0.0243. The molecule has 1 atom stereocenters. The lowest BCUT2D eigenvalue weighted by atomic mass is 10.0. The molecule has 0 aliphatic rings. The second-order valence-corrected chi connectivity index (χ2v) is 7.22. The SMILES string of the molecule is CC(=O)NC(C)CCc1ccc(-c2csc(Nc3ccccc3)n2)cc1. The standard InChI is InChI=1S/C21H23N3OS/c1-15(22-16(2)25)8-9-17-10-12-18(13-11-17)20-14-26-21(24-20)23-19-6-4-3-5-7-19/h3-7,10-15H,8-9H2,1-2H3,(H,22,25)(H,23,24). The molecule has 0 spiro atoms. The van der Waals surface area contributed by atoms with Crippen LogP contribution in [0.2, 0.25) is 0 Å². The maximum Gasteiger partial charge on any atom is 0.217 e. The van der Waals surface area contributed by atoms with E-state index < -0.39 is 0 Å². The Labute approximate surface area is 158 Å². The third kappa shape index (κ3) is 5.17. The summed E-state index contributed by atoms with van der Waals surface area (Å²) in [4.78, 5) is 15.7. The van der Waals surface area contributed by atoms with Gasteiger partial charge in [0.15, 0.2) is 5.13 Å². The summed E-state index contributed by atoms with van der Waals surface area (Å²) in [5.41, 5.74) is 4.40. The van der Waals surface area contributed by atoms with Gasteiger partial charge in [0.05, 0.1) is 5.69 Å². The molecule has 2 aromatic carbocycles. The molecule has 1 aromatic heterocycles. The maximum atomic E-state index is 11.1. The van der Waals surface area contributed by atoms with Gasteiger partial charge in [0.2, 0.25) is 5.91 Å². The van der Waals surface area contributed by atoms with Gasteiger partial charge >= 0.3 is 0 Å². The predicted molar refractivity (Wildman–Crippen MR) is 109 cm³/mol. The van der Waals surface area contributed by atoms with Gasteiger partial charge in [-0.25, -0.2) is 4.98 Å². The molecule has 2 N–H and O–H groups in total. The summed E-state index contributed by atoms with van der Waals surface area (Å²) in [6.07, 6.45) is 1.88. The van der Waals surface area contributed by atoms with Crippen molar-refractivity contribution < 1.29 is 4.79 Å². The van der Waals surface area contributed by atoms with Crippen molar-refractivity contribution in [1.29, 1.82) is 0 Å². The Balaban J connectivity index is 1.59. The zero-order chi connectivity index (χ0) is 18.4. The highest BCUT2D eigenvalue weighted by Crippen LogP contribution is 2.27. The van der Waals surface area contributed by atoms with Crippen molar-refractivity contribution >= 4 is 28.1 Å². The van der Waals surface area contributed by atoms with E-state index in [1.807, 2.05) is 37.3 Å². The predicted octanol–water partition coefficient (Wildman–Crippen LogP) is 5.01. The van der Waals surface area contributed by atoms with Crippen LogP contribution < -0.4 is 10.6 Å². The quantitative estimate of drug-likeness (QED) is 0.619. The number of rotatable bonds is 7. The Hall–Kier alpha value is -2.66. The fourth-order valence-corrected chi connectivity index (χ4v) is 3.49. The molecule has 1 heterocycles. The minimum atomic E-state index is 0.0243. The van der Waals surface area contributed by atoms with E-state index in [1.165, 1.54) is 5.56 Å². The number of para-hydroxylation sites is 1. The molecule has 3 rings (SSSR count). The molecule has 134 valence electrons.